The Labute approximate surface area is 271 Å². The Balaban J connectivity index is 1.75. The fourth-order valence-electron chi connectivity index (χ4n) is 4.85. The van der Waals surface area contributed by atoms with Gasteiger partial charge in [-0.2, -0.15) is 0 Å². The second-order valence-electron chi connectivity index (χ2n) is 11.0. The Morgan fingerprint density at radius 1 is 0.935 bits per heavy atom. The number of aromatic nitrogens is 1. The van der Waals surface area contributed by atoms with Crippen molar-refractivity contribution in [3.8, 4) is 5.75 Å². The Hall–Kier alpha value is -4.66. The fraction of sp³-hybridized carbons (Fsp3) is 0.387. The van der Waals surface area contributed by atoms with Gasteiger partial charge < -0.3 is 36.9 Å². The number of H-pyrrole nitrogens is 1. The summed E-state index contributed by atoms with van der Waals surface area (Å²) in [5.41, 5.74) is 19.3. The average molecular weight is 658 g/mol. The quantitative estimate of drug-likeness (QED) is 0.0326. The molecule has 13 N–H and O–H groups in total. The molecule has 3 amide bonds. The van der Waals surface area contributed by atoms with Crippen molar-refractivity contribution in [3.63, 3.8) is 0 Å². The highest BCUT2D eigenvalue weighted by Gasteiger charge is 2.33. The van der Waals surface area contributed by atoms with Gasteiger partial charge in [-0.1, -0.05) is 30.3 Å². The van der Waals surface area contributed by atoms with E-state index in [9.17, 15) is 29.4 Å². The molecule has 2 aromatic carbocycles. The number of aliphatic hydroxyl groups is 1. The molecule has 3 aromatic rings. The minimum Gasteiger partial charge on any atom is -0.508 e. The maximum Gasteiger partial charge on any atom is 0.338 e. The van der Waals surface area contributed by atoms with Gasteiger partial charge in [-0.25, -0.2) is 0 Å². The molecule has 0 aliphatic rings. The zero-order valence-electron chi connectivity index (χ0n) is 25.5. The molecule has 0 aliphatic heterocycles. The van der Waals surface area contributed by atoms with Crippen LogP contribution < -0.4 is 38.1 Å². The van der Waals surface area contributed by atoms with E-state index < -0.39 is 53.8 Å². The van der Waals surface area contributed by atoms with E-state index in [1.54, 1.807) is 18.3 Å². The number of phenolic OH excluding ortho intramolecular Hbond substituents is 1. The van der Waals surface area contributed by atoms with Crippen LogP contribution in [-0.4, -0.2) is 87.4 Å². The van der Waals surface area contributed by atoms with Crippen LogP contribution in [0.3, 0.4) is 0 Å². The highest BCUT2D eigenvalue weighted by atomic mass is 35.5. The van der Waals surface area contributed by atoms with Crippen molar-refractivity contribution in [2.24, 2.45) is 17.2 Å². The van der Waals surface area contributed by atoms with Gasteiger partial charge in [0.25, 0.3) is 0 Å². The van der Waals surface area contributed by atoms with Gasteiger partial charge in [-0.15, -0.1) is 11.6 Å². The number of para-hydroxylation sites is 1. The number of aromatic amines is 1. The van der Waals surface area contributed by atoms with E-state index in [-0.39, 0.29) is 36.9 Å². The number of benzene rings is 2. The Bertz CT molecular complexity index is 1520. The van der Waals surface area contributed by atoms with Gasteiger partial charge in [0.15, 0.2) is 5.78 Å². The van der Waals surface area contributed by atoms with Crippen LogP contribution in [-0.2, 0) is 32.0 Å². The minimum absolute atomic E-state index is 0.00834. The highest BCUT2D eigenvalue weighted by Crippen LogP contribution is 2.19. The van der Waals surface area contributed by atoms with Crippen molar-refractivity contribution in [1.82, 2.24) is 20.9 Å². The first-order valence-corrected chi connectivity index (χ1v) is 15.3. The molecule has 15 heteroatoms. The van der Waals surface area contributed by atoms with Gasteiger partial charge in [0.05, 0.1) is 30.6 Å². The number of Topliss-reactive ketones (excluding diaryl/α,β-unsaturated/α-hetero) is 1. The van der Waals surface area contributed by atoms with Gasteiger partial charge in [0.2, 0.25) is 17.7 Å². The molecule has 0 bridgehead atoms. The lowest BCUT2D eigenvalue weighted by molar-refractivity contribution is -0.459. The van der Waals surface area contributed by atoms with Crippen molar-refractivity contribution in [1.29, 1.82) is 0 Å². The first-order valence-electron chi connectivity index (χ1n) is 14.8. The van der Waals surface area contributed by atoms with Crippen LogP contribution in [0.2, 0.25) is 0 Å². The van der Waals surface area contributed by atoms with E-state index in [0.29, 0.717) is 18.5 Å². The molecule has 1 aromatic heterocycles. The number of alkyl halides is 1. The normalized spacial score (nSPS) is 14.3. The molecule has 0 saturated heterocycles. The van der Waals surface area contributed by atoms with Gasteiger partial charge in [0.1, 0.15) is 17.8 Å². The van der Waals surface area contributed by atoms with E-state index >= 15 is 0 Å². The highest BCUT2D eigenvalue weighted by molar-refractivity contribution is 6.28. The number of phenols is 1. The van der Waals surface area contributed by atoms with Gasteiger partial charge in [-0.3, -0.25) is 35.6 Å². The number of carbonyl (C=O) groups excluding carboxylic acids is 4. The zero-order valence-corrected chi connectivity index (χ0v) is 26.2. The van der Waals surface area contributed by atoms with Gasteiger partial charge >= 0.3 is 5.96 Å². The van der Waals surface area contributed by atoms with Crippen molar-refractivity contribution < 1.29 is 34.4 Å². The number of aromatic hydroxyl groups is 1. The number of rotatable bonds is 17. The van der Waals surface area contributed by atoms with Gasteiger partial charge in [0, 0.05) is 23.5 Å². The van der Waals surface area contributed by atoms with Crippen LogP contribution in [0.25, 0.3) is 10.9 Å². The smallest absolute Gasteiger partial charge is 0.338 e. The fourth-order valence-corrected chi connectivity index (χ4v) is 5.04. The number of hydrogen-bond acceptors (Lipinski definition) is 7. The number of carbonyl (C=O) groups is 4. The van der Waals surface area contributed by atoms with Crippen LogP contribution >= 0.6 is 11.6 Å². The van der Waals surface area contributed by atoms with Crippen LogP contribution in [0.1, 0.15) is 30.9 Å². The number of guanidine groups is 1. The van der Waals surface area contributed by atoms with E-state index in [1.165, 1.54) is 19.1 Å². The first-order chi connectivity index (χ1) is 21.9. The molecule has 0 aliphatic carbocycles. The summed E-state index contributed by atoms with van der Waals surface area (Å²) in [5.74, 6) is -3.02. The summed E-state index contributed by atoms with van der Waals surface area (Å²) in [6, 6.07) is 8.88. The number of aliphatic hydroxyl groups excluding tert-OH is 1. The zero-order chi connectivity index (χ0) is 33.8. The van der Waals surface area contributed by atoms with Crippen LogP contribution in [0.5, 0.6) is 5.75 Å². The number of halogens is 1. The number of hydrogen-bond donors (Lipinski definition) is 10. The topological polar surface area (TPSA) is 253 Å². The molecule has 3 rings (SSSR count). The van der Waals surface area contributed by atoms with Crippen LogP contribution in [0.15, 0.2) is 54.7 Å². The third-order valence-corrected chi connectivity index (χ3v) is 7.62. The second kappa shape index (κ2) is 17.1. The van der Waals surface area contributed by atoms with Crippen molar-refractivity contribution in [2.45, 2.75) is 62.9 Å². The standard InChI is InChI=1S/C31H41ClN8O6/c1-17(41)27(30(46)38-24(26(43)15-32)7-4-12-36-31(34)35)40-29(45)25(13-18-8-10-20(42)11-9-18)39-28(44)22(33)14-19-16-37-23-6-3-2-5-21(19)23/h2-3,5-6,8-11,16-17,22,24-25,27,37,41-42H,4,7,12-15,33H2,1H3,(H,38,46)(H,39,44)(H,40,45)(H4,34,35,36)/p+1/t17-,22?,24+,25+,27+/m1/s1. The summed E-state index contributed by atoms with van der Waals surface area (Å²) < 4.78 is 0. The Morgan fingerprint density at radius 2 is 1.61 bits per heavy atom. The summed E-state index contributed by atoms with van der Waals surface area (Å²) in [6.07, 6.45) is 1.15. The number of fused-ring (bicyclic) bond motifs is 1. The largest absolute Gasteiger partial charge is 0.508 e. The average Bonchev–Trinajstić information content (AvgIpc) is 3.43. The molecule has 1 unspecified atom stereocenters. The second-order valence-corrected chi connectivity index (χ2v) is 11.3. The van der Waals surface area contributed by atoms with E-state index in [1.807, 2.05) is 24.3 Å². The monoisotopic (exact) mass is 657 g/mol. The number of ketones is 1. The predicted octanol–water partition coefficient (Wildman–Crippen LogP) is -2.24. The van der Waals surface area contributed by atoms with E-state index in [2.05, 4.69) is 25.9 Å². The maximum absolute atomic E-state index is 13.6. The molecular weight excluding hydrogens is 616 g/mol. The molecule has 0 saturated carbocycles. The van der Waals surface area contributed by atoms with Crippen molar-refractivity contribution in [3.05, 3.63) is 65.9 Å². The van der Waals surface area contributed by atoms with Crippen molar-refractivity contribution in [2.75, 3.05) is 12.4 Å². The Kier molecular flexibility index (Phi) is 13.4. The molecule has 0 radical (unpaired) electrons. The lowest BCUT2D eigenvalue weighted by atomic mass is 10.0. The summed E-state index contributed by atoms with van der Waals surface area (Å²) >= 11 is 5.75. The number of nitrogens with one attached hydrogen (secondary N) is 5. The van der Waals surface area contributed by atoms with E-state index in [0.717, 1.165) is 16.5 Å². The lowest BCUT2D eigenvalue weighted by Crippen LogP contribution is -2.78. The summed E-state index contributed by atoms with van der Waals surface area (Å²) in [6.45, 7) is 1.64. The third kappa shape index (κ3) is 10.5. The van der Waals surface area contributed by atoms with Gasteiger partial charge in [-0.05, 0) is 55.5 Å². The minimum atomic E-state index is -1.48. The summed E-state index contributed by atoms with van der Waals surface area (Å²) in [7, 11) is 0. The summed E-state index contributed by atoms with van der Waals surface area (Å²) in [5, 5.41) is 28.8. The molecule has 0 fully saturated rings. The van der Waals surface area contributed by atoms with Crippen molar-refractivity contribution >= 4 is 52.0 Å². The Morgan fingerprint density at radius 3 is 2.26 bits per heavy atom. The molecule has 1 heterocycles. The summed E-state index contributed by atoms with van der Waals surface area (Å²) in [4.78, 5) is 58.4. The third-order valence-electron chi connectivity index (χ3n) is 7.36. The van der Waals surface area contributed by atoms with Crippen LogP contribution in [0, 0.1) is 0 Å². The molecule has 5 atom stereocenters. The maximum atomic E-state index is 13.6. The lowest BCUT2D eigenvalue weighted by Gasteiger charge is -2.27. The van der Waals surface area contributed by atoms with E-state index in [4.69, 9.17) is 28.8 Å². The molecule has 0 spiro atoms. The molecule has 248 valence electrons. The van der Waals surface area contributed by atoms with Crippen LogP contribution in [0.4, 0.5) is 0 Å². The first kappa shape index (κ1) is 35.8. The molecule has 14 nitrogen and oxygen atoms in total. The SMILES string of the molecule is C[C@@H](O)[C@H](NC(=O)[C@H](Cc1ccc(O)cc1)NC(=O)C(N)Cc1c[nH]c2ccccc12)C(=O)N[C@@H](CCC[NH+]=C(N)N)C(=O)CCl. The molecule has 46 heavy (non-hydrogen) atoms. The molecular formula is C31H42ClN8O6+. The number of nitrogens with two attached hydrogens (primary N) is 3. The predicted molar refractivity (Wildman–Crippen MR) is 173 cm³/mol. The number of amides is 3.